The highest BCUT2D eigenvalue weighted by Crippen LogP contribution is 2.44. The van der Waals surface area contributed by atoms with Gasteiger partial charge in [-0.25, -0.2) is 0 Å². The third-order valence-electron chi connectivity index (χ3n) is 2.94. The van der Waals surface area contributed by atoms with E-state index < -0.39 is 12.0 Å². The summed E-state index contributed by atoms with van der Waals surface area (Å²) >= 11 is 0. The van der Waals surface area contributed by atoms with Crippen LogP contribution in [0.4, 0.5) is 0 Å². The first-order valence-electron chi connectivity index (χ1n) is 5.35. The first kappa shape index (κ1) is 12.9. The predicted octanol–water partition coefficient (Wildman–Crippen LogP) is -0.933. The van der Waals surface area contributed by atoms with Gasteiger partial charge in [-0.05, 0) is 19.3 Å². The SMILES string of the molecule is NC(CCC(=O)O)C(=O)NCC1(CO)CC1. The van der Waals surface area contributed by atoms with Crippen LogP contribution in [0.3, 0.4) is 0 Å². The molecule has 1 atom stereocenters. The Balaban J connectivity index is 2.21. The number of carboxylic acid groups (broad SMARTS) is 1. The van der Waals surface area contributed by atoms with Crippen LogP contribution in [-0.2, 0) is 9.59 Å². The fourth-order valence-electron chi connectivity index (χ4n) is 1.38. The molecule has 1 aliphatic carbocycles. The summed E-state index contributed by atoms with van der Waals surface area (Å²) in [6, 6.07) is -0.786. The minimum absolute atomic E-state index is 0.0671. The van der Waals surface area contributed by atoms with Crippen molar-refractivity contribution in [2.24, 2.45) is 11.1 Å². The highest BCUT2D eigenvalue weighted by molar-refractivity contribution is 5.82. The monoisotopic (exact) mass is 230 g/mol. The maximum atomic E-state index is 11.4. The van der Waals surface area contributed by atoms with Crippen molar-refractivity contribution in [3.05, 3.63) is 0 Å². The van der Waals surface area contributed by atoms with Gasteiger partial charge in [0.15, 0.2) is 0 Å². The van der Waals surface area contributed by atoms with Crippen LogP contribution < -0.4 is 11.1 Å². The fourth-order valence-corrected chi connectivity index (χ4v) is 1.38. The fraction of sp³-hybridized carbons (Fsp3) is 0.800. The van der Waals surface area contributed by atoms with Crippen molar-refractivity contribution in [2.45, 2.75) is 31.7 Å². The molecule has 1 unspecified atom stereocenters. The largest absolute Gasteiger partial charge is 0.481 e. The Bertz CT molecular complexity index is 276. The summed E-state index contributed by atoms with van der Waals surface area (Å²) in [6.07, 6.45) is 1.84. The number of aliphatic hydroxyl groups is 1. The van der Waals surface area contributed by atoms with Crippen LogP contribution in [0.2, 0.25) is 0 Å². The van der Waals surface area contributed by atoms with E-state index in [1.165, 1.54) is 0 Å². The lowest BCUT2D eigenvalue weighted by Crippen LogP contribution is -2.43. The van der Waals surface area contributed by atoms with Gasteiger partial charge in [-0.1, -0.05) is 0 Å². The van der Waals surface area contributed by atoms with Crippen LogP contribution in [-0.4, -0.2) is 41.3 Å². The topological polar surface area (TPSA) is 113 Å². The summed E-state index contributed by atoms with van der Waals surface area (Å²) in [5.41, 5.74) is 5.37. The molecule has 0 aromatic rings. The number of nitrogens with one attached hydrogen (secondary N) is 1. The number of carbonyl (C=O) groups is 2. The predicted molar refractivity (Wildman–Crippen MR) is 56.6 cm³/mol. The number of carbonyl (C=O) groups excluding carboxylic acids is 1. The Labute approximate surface area is 93.8 Å². The molecule has 1 saturated carbocycles. The molecular formula is C10H18N2O4. The number of hydrogen-bond acceptors (Lipinski definition) is 4. The van der Waals surface area contributed by atoms with E-state index in [-0.39, 0.29) is 30.8 Å². The molecule has 0 saturated heterocycles. The third kappa shape index (κ3) is 3.79. The quantitative estimate of drug-likeness (QED) is 0.451. The molecule has 6 heteroatoms. The van der Waals surface area contributed by atoms with Crippen molar-refractivity contribution >= 4 is 11.9 Å². The molecule has 92 valence electrons. The number of aliphatic carboxylic acids is 1. The normalized spacial score (nSPS) is 18.9. The van der Waals surface area contributed by atoms with E-state index in [0.29, 0.717) is 6.54 Å². The molecule has 0 aromatic carbocycles. The lowest BCUT2D eigenvalue weighted by molar-refractivity contribution is -0.137. The molecule has 5 N–H and O–H groups in total. The number of aliphatic hydroxyl groups excluding tert-OH is 1. The van der Waals surface area contributed by atoms with Crippen LogP contribution in [0, 0.1) is 5.41 Å². The lowest BCUT2D eigenvalue weighted by atomic mass is 10.1. The van der Waals surface area contributed by atoms with E-state index in [2.05, 4.69) is 5.32 Å². The summed E-state index contributed by atoms with van der Waals surface area (Å²) in [6.45, 7) is 0.487. The standard InChI is InChI=1S/C10H18N2O4/c11-7(1-2-8(14)15)9(16)12-5-10(6-13)3-4-10/h7,13H,1-6,11H2,(H,12,16)(H,14,15). The van der Waals surface area contributed by atoms with E-state index in [1.54, 1.807) is 0 Å². The van der Waals surface area contributed by atoms with Gasteiger partial charge in [-0.2, -0.15) is 0 Å². The first-order valence-corrected chi connectivity index (χ1v) is 5.35. The Morgan fingerprint density at radius 1 is 1.44 bits per heavy atom. The highest BCUT2D eigenvalue weighted by atomic mass is 16.4. The van der Waals surface area contributed by atoms with Crippen LogP contribution in [0.1, 0.15) is 25.7 Å². The number of hydrogen-bond donors (Lipinski definition) is 4. The summed E-state index contributed by atoms with van der Waals surface area (Å²) in [5, 5.41) is 20.1. The molecule has 6 nitrogen and oxygen atoms in total. The molecule has 0 heterocycles. The zero-order valence-electron chi connectivity index (χ0n) is 9.11. The molecule has 16 heavy (non-hydrogen) atoms. The highest BCUT2D eigenvalue weighted by Gasteiger charge is 2.42. The van der Waals surface area contributed by atoms with Crippen molar-refractivity contribution in [2.75, 3.05) is 13.2 Å². The van der Waals surface area contributed by atoms with Gasteiger partial charge in [0.25, 0.3) is 0 Å². The summed E-state index contributed by atoms with van der Waals surface area (Å²) < 4.78 is 0. The van der Waals surface area contributed by atoms with Crippen LogP contribution in [0.5, 0.6) is 0 Å². The average molecular weight is 230 g/mol. The van der Waals surface area contributed by atoms with Gasteiger partial charge in [0, 0.05) is 18.4 Å². The molecule has 1 rings (SSSR count). The summed E-state index contributed by atoms with van der Waals surface area (Å²) in [5.74, 6) is -1.31. The summed E-state index contributed by atoms with van der Waals surface area (Å²) in [7, 11) is 0. The molecule has 0 bridgehead atoms. The van der Waals surface area contributed by atoms with E-state index in [1.807, 2.05) is 0 Å². The maximum Gasteiger partial charge on any atom is 0.303 e. The number of amides is 1. The van der Waals surface area contributed by atoms with Crippen molar-refractivity contribution < 1.29 is 19.8 Å². The van der Waals surface area contributed by atoms with Gasteiger partial charge in [-0.3, -0.25) is 9.59 Å². The van der Waals surface area contributed by atoms with Gasteiger partial charge in [0.05, 0.1) is 12.6 Å². The van der Waals surface area contributed by atoms with Crippen molar-refractivity contribution in [1.82, 2.24) is 5.32 Å². The Morgan fingerprint density at radius 3 is 2.50 bits per heavy atom. The Kier molecular flexibility index (Phi) is 4.26. The van der Waals surface area contributed by atoms with Crippen molar-refractivity contribution in [3.63, 3.8) is 0 Å². The lowest BCUT2D eigenvalue weighted by Gasteiger charge is -2.15. The molecule has 1 fully saturated rings. The van der Waals surface area contributed by atoms with E-state index in [9.17, 15) is 9.59 Å². The second kappa shape index (κ2) is 5.27. The molecule has 1 aliphatic rings. The minimum Gasteiger partial charge on any atom is -0.481 e. The number of rotatable bonds is 7. The smallest absolute Gasteiger partial charge is 0.303 e. The zero-order valence-corrected chi connectivity index (χ0v) is 9.11. The first-order chi connectivity index (χ1) is 7.49. The molecular weight excluding hydrogens is 212 g/mol. The minimum atomic E-state index is -0.961. The van der Waals surface area contributed by atoms with Gasteiger partial charge >= 0.3 is 5.97 Å². The Morgan fingerprint density at radius 2 is 2.06 bits per heavy atom. The average Bonchev–Trinajstić information content (AvgIpc) is 3.03. The molecule has 0 aliphatic heterocycles. The van der Waals surface area contributed by atoms with Crippen molar-refractivity contribution in [1.29, 1.82) is 0 Å². The molecule has 0 aromatic heterocycles. The van der Waals surface area contributed by atoms with Crippen LogP contribution in [0.25, 0.3) is 0 Å². The van der Waals surface area contributed by atoms with Crippen molar-refractivity contribution in [3.8, 4) is 0 Å². The van der Waals surface area contributed by atoms with E-state index in [4.69, 9.17) is 15.9 Å². The second-order valence-electron chi connectivity index (χ2n) is 4.41. The second-order valence-corrected chi connectivity index (χ2v) is 4.41. The van der Waals surface area contributed by atoms with Gasteiger partial charge < -0.3 is 21.3 Å². The molecule has 0 radical (unpaired) electrons. The molecule has 0 spiro atoms. The van der Waals surface area contributed by atoms with Crippen LogP contribution >= 0.6 is 0 Å². The van der Waals surface area contributed by atoms with E-state index in [0.717, 1.165) is 12.8 Å². The van der Waals surface area contributed by atoms with Gasteiger partial charge in [0.1, 0.15) is 0 Å². The number of carboxylic acids is 1. The van der Waals surface area contributed by atoms with Crippen LogP contribution in [0.15, 0.2) is 0 Å². The number of nitrogens with two attached hydrogens (primary N) is 1. The zero-order chi connectivity index (χ0) is 12.2. The molecule has 1 amide bonds. The third-order valence-corrected chi connectivity index (χ3v) is 2.94. The maximum absolute atomic E-state index is 11.4. The Hall–Kier alpha value is -1.14. The van der Waals surface area contributed by atoms with Gasteiger partial charge in [-0.15, -0.1) is 0 Å². The van der Waals surface area contributed by atoms with E-state index >= 15 is 0 Å². The summed E-state index contributed by atoms with van der Waals surface area (Å²) in [4.78, 5) is 21.7. The van der Waals surface area contributed by atoms with Gasteiger partial charge in [0.2, 0.25) is 5.91 Å².